The summed E-state index contributed by atoms with van der Waals surface area (Å²) in [6.07, 6.45) is 7.22. The van der Waals surface area contributed by atoms with Gasteiger partial charge in [0.25, 0.3) is 5.91 Å². The third kappa shape index (κ3) is 8.21. The van der Waals surface area contributed by atoms with Crippen LogP contribution in [0.1, 0.15) is 80.3 Å². The van der Waals surface area contributed by atoms with Crippen LogP contribution in [0.2, 0.25) is 0 Å². The normalized spacial score (nSPS) is 18.6. The molecule has 1 saturated carbocycles. The van der Waals surface area contributed by atoms with Gasteiger partial charge in [-0.25, -0.2) is 0 Å². The zero-order valence-electron chi connectivity index (χ0n) is 25.1. The Bertz CT molecular complexity index is 1440. The molecule has 0 radical (unpaired) electrons. The zero-order valence-corrected chi connectivity index (χ0v) is 25.1. The number of hydrogen-bond donors (Lipinski definition) is 4. The summed E-state index contributed by atoms with van der Waals surface area (Å²) in [5, 5.41) is 9.25. The second-order valence-corrected chi connectivity index (χ2v) is 12.3. The summed E-state index contributed by atoms with van der Waals surface area (Å²) in [5.74, 6) is -3.23. The van der Waals surface area contributed by atoms with E-state index >= 15 is 0 Å². The number of amides is 3. The van der Waals surface area contributed by atoms with E-state index in [2.05, 4.69) is 20.9 Å². The first-order valence-corrected chi connectivity index (χ1v) is 15.9. The van der Waals surface area contributed by atoms with Crippen LogP contribution in [0.15, 0.2) is 60.7 Å². The van der Waals surface area contributed by atoms with Crippen LogP contribution in [0.3, 0.4) is 0 Å². The number of H-pyrrole nitrogens is 1. The van der Waals surface area contributed by atoms with E-state index in [4.69, 9.17) is 0 Å². The molecule has 1 aliphatic heterocycles. The van der Waals surface area contributed by atoms with Crippen molar-refractivity contribution in [2.45, 2.75) is 76.8 Å². The van der Waals surface area contributed by atoms with Gasteiger partial charge in [0.1, 0.15) is 0 Å². The molecular weight excluding hydrogens is 556 g/mol. The summed E-state index contributed by atoms with van der Waals surface area (Å²) >= 11 is 0. The molecule has 1 saturated heterocycles. The Morgan fingerprint density at radius 1 is 0.864 bits per heavy atom. The van der Waals surface area contributed by atoms with E-state index in [1.54, 1.807) is 6.07 Å². The topological polar surface area (TPSA) is 137 Å². The first-order valence-electron chi connectivity index (χ1n) is 15.9. The Labute approximate surface area is 257 Å². The lowest BCUT2D eigenvalue weighted by Gasteiger charge is -2.29. The van der Waals surface area contributed by atoms with Crippen LogP contribution in [-0.2, 0) is 25.7 Å². The predicted octanol–water partition coefficient (Wildman–Crippen LogP) is 4.61. The molecular formula is C35H42N4O5. The third-order valence-corrected chi connectivity index (χ3v) is 9.05. The molecule has 9 nitrogen and oxygen atoms in total. The van der Waals surface area contributed by atoms with Crippen molar-refractivity contribution in [3.63, 3.8) is 0 Å². The number of benzene rings is 2. The minimum absolute atomic E-state index is 0.0137. The van der Waals surface area contributed by atoms with Crippen LogP contribution in [0, 0.1) is 17.8 Å². The summed E-state index contributed by atoms with van der Waals surface area (Å²) < 4.78 is 0. The second kappa shape index (κ2) is 14.9. The highest BCUT2D eigenvalue weighted by molar-refractivity contribution is 6.38. The number of aromatic nitrogens is 1. The van der Waals surface area contributed by atoms with Crippen molar-refractivity contribution in [3.8, 4) is 0 Å². The van der Waals surface area contributed by atoms with E-state index in [0.29, 0.717) is 31.0 Å². The maximum absolute atomic E-state index is 13.9. The largest absolute Gasteiger partial charge is 0.356 e. The molecule has 0 spiro atoms. The second-order valence-electron chi connectivity index (χ2n) is 12.3. The van der Waals surface area contributed by atoms with Crippen molar-refractivity contribution in [1.29, 1.82) is 0 Å². The first-order chi connectivity index (χ1) is 21.4. The number of hydrogen-bond acceptors (Lipinski definition) is 5. The lowest BCUT2D eigenvalue weighted by Crippen LogP contribution is -2.51. The van der Waals surface area contributed by atoms with Crippen LogP contribution < -0.4 is 16.0 Å². The molecule has 232 valence electrons. The van der Waals surface area contributed by atoms with Gasteiger partial charge >= 0.3 is 0 Å². The number of nitrogens with one attached hydrogen (secondary N) is 4. The van der Waals surface area contributed by atoms with E-state index in [0.717, 1.165) is 48.6 Å². The molecule has 9 heteroatoms. The molecule has 1 aliphatic carbocycles. The molecule has 5 rings (SSSR count). The van der Waals surface area contributed by atoms with Gasteiger partial charge in [0, 0.05) is 42.2 Å². The van der Waals surface area contributed by atoms with E-state index in [1.165, 1.54) is 6.42 Å². The highest BCUT2D eigenvalue weighted by atomic mass is 16.2. The fourth-order valence-electron chi connectivity index (χ4n) is 6.56. The predicted molar refractivity (Wildman–Crippen MR) is 168 cm³/mol. The van der Waals surface area contributed by atoms with Crippen molar-refractivity contribution in [2.24, 2.45) is 17.8 Å². The smallest absolute Gasteiger partial charge is 0.289 e. The Kier molecular flexibility index (Phi) is 10.6. The van der Waals surface area contributed by atoms with E-state index in [1.807, 2.05) is 54.6 Å². The van der Waals surface area contributed by atoms with E-state index < -0.39 is 35.5 Å². The van der Waals surface area contributed by atoms with Gasteiger partial charge in [-0.15, -0.1) is 0 Å². The summed E-state index contributed by atoms with van der Waals surface area (Å²) in [6, 6.07) is 17.5. The molecule has 2 aromatic carbocycles. The first kappa shape index (κ1) is 31.2. The Hall–Kier alpha value is -4.27. The maximum Gasteiger partial charge on any atom is 0.289 e. The van der Waals surface area contributed by atoms with Gasteiger partial charge in [0.15, 0.2) is 5.78 Å². The summed E-state index contributed by atoms with van der Waals surface area (Å²) in [4.78, 5) is 69.7. The molecule has 0 unspecified atom stereocenters. The minimum atomic E-state index is -1.18. The van der Waals surface area contributed by atoms with Gasteiger partial charge in [-0.1, -0.05) is 80.6 Å². The number of Topliss-reactive ketones (excluding diaryl/α,β-unsaturated/α-hetero) is 2. The molecule has 2 fully saturated rings. The molecule has 4 N–H and O–H groups in total. The molecule has 1 aromatic heterocycles. The average Bonchev–Trinajstić information content (AvgIpc) is 3.49. The number of ketones is 2. The van der Waals surface area contributed by atoms with Crippen LogP contribution >= 0.6 is 0 Å². The Morgan fingerprint density at radius 2 is 1.61 bits per heavy atom. The van der Waals surface area contributed by atoms with Crippen molar-refractivity contribution in [2.75, 3.05) is 6.54 Å². The minimum Gasteiger partial charge on any atom is -0.356 e. The maximum atomic E-state index is 13.9. The average molecular weight is 599 g/mol. The molecule has 3 aromatic rings. The number of rotatable bonds is 13. The van der Waals surface area contributed by atoms with E-state index in [9.17, 15) is 24.0 Å². The van der Waals surface area contributed by atoms with E-state index in [-0.39, 0.29) is 31.1 Å². The van der Waals surface area contributed by atoms with Crippen LogP contribution in [0.4, 0.5) is 0 Å². The molecule has 2 heterocycles. The molecule has 44 heavy (non-hydrogen) atoms. The number of carbonyl (C=O) groups is 5. The zero-order chi connectivity index (χ0) is 30.9. The number of fused-ring (bicyclic) bond motifs is 1. The van der Waals surface area contributed by atoms with Crippen molar-refractivity contribution < 1.29 is 24.0 Å². The van der Waals surface area contributed by atoms with Crippen molar-refractivity contribution in [3.05, 3.63) is 71.9 Å². The SMILES string of the molecule is O=C(NCc1ccccc1)C(=O)[C@H](C[C@@H]1CCCNC1=O)NC(=O)[C@@H](CC(=O)c1cc2ccccc2[nH]1)CC1CCCCC1. The monoisotopic (exact) mass is 598 g/mol. The molecule has 2 aliphatic rings. The van der Waals surface area contributed by atoms with Gasteiger partial charge in [0.05, 0.1) is 11.7 Å². The van der Waals surface area contributed by atoms with Gasteiger partial charge in [0.2, 0.25) is 17.6 Å². The number of carbonyl (C=O) groups excluding carboxylic acids is 5. The van der Waals surface area contributed by atoms with Crippen LogP contribution in [-0.4, -0.2) is 46.9 Å². The van der Waals surface area contributed by atoms with Gasteiger partial charge in [-0.3, -0.25) is 24.0 Å². The molecule has 3 atom stereocenters. The Balaban J connectivity index is 1.33. The summed E-state index contributed by atoms with van der Waals surface area (Å²) in [5.41, 5.74) is 2.13. The lowest BCUT2D eigenvalue weighted by atomic mass is 9.80. The highest BCUT2D eigenvalue weighted by Crippen LogP contribution is 2.31. The lowest BCUT2D eigenvalue weighted by molar-refractivity contribution is -0.141. The number of para-hydroxylation sites is 1. The highest BCUT2D eigenvalue weighted by Gasteiger charge is 2.35. The molecule has 0 bridgehead atoms. The summed E-state index contributed by atoms with van der Waals surface area (Å²) in [7, 11) is 0. The quantitative estimate of drug-likeness (QED) is 0.168. The Morgan fingerprint density at radius 3 is 2.36 bits per heavy atom. The number of piperidine rings is 1. The third-order valence-electron chi connectivity index (χ3n) is 9.05. The fourth-order valence-corrected chi connectivity index (χ4v) is 6.56. The van der Waals surface area contributed by atoms with Gasteiger partial charge in [-0.2, -0.15) is 0 Å². The van der Waals surface area contributed by atoms with Crippen molar-refractivity contribution >= 4 is 40.2 Å². The van der Waals surface area contributed by atoms with Crippen LogP contribution in [0.5, 0.6) is 0 Å². The summed E-state index contributed by atoms with van der Waals surface area (Å²) in [6.45, 7) is 0.733. The molecule has 3 amide bonds. The fraction of sp³-hybridized carbons (Fsp3) is 0.457. The van der Waals surface area contributed by atoms with Crippen LogP contribution in [0.25, 0.3) is 10.9 Å². The number of aromatic amines is 1. The van der Waals surface area contributed by atoms with Gasteiger partial charge in [-0.05, 0) is 49.3 Å². The van der Waals surface area contributed by atoms with Gasteiger partial charge < -0.3 is 20.9 Å². The standard InChI is InChI=1S/C35H42N4O5/c40-31(29-19-25-14-7-8-16-28(25)38-29)21-27(18-23-10-3-1-4-11-23)34(43)39-30(20-26-15-9-17-36-33(26)42)32(41)35(44)37-22-24-12-5-2-6-13-24/h2,5-8,12-14,16,19,23,26-27,30,38H,1,3-4,9-11,15,17-18,20-22H2,(H,36,42)(H,37,44)(H,39,43)/t26-,27+,30-/m0/s1. The van der Waals surface area contributed by atoms with Crippen molar-refractivity contribution in [1.82, 2.24) is 20.9 Å².